The summed E-state index contributed by atoms with van der Waals surface area (Å²) in [5.41, 5.74) is 0. The molecule has 1 amide bonds. The summed E-state index contributed by atoms with van der Waals surface area (Å²) in [5.74, 6) is 2.66. The van der Waals surface area contributed by atoms with Gasteiger partial charge in [-0.3, -0.25) is 4.79 Å². The van der Waals surface area contributed by atoms with Crippen LogP contribution in [0.3, 0.4) is 0 Å². The molecule has 0 aromatic carbocycles. The molecule has 118 valence electrons. The monoisotopic (exact) mass is 292 g/mol. The Bertz CT molecular complexity index is 391. The Morgan fingerprint density at radius 1 is 1.14 bits per heavy atom. The van der Waals surface area contributed by atoms with Gasteiger partial charge in [-0.25, -0.2) is 4.99 Å². The maximum absolute atomic E-state index is 11.8. The summed E-state index contributed by atoms with van der Waals surface area (Å²) in [5, 5.41) is 6.35. The van der Waals surface area contributed by atoms with Crippen LogP contribution >= 0.6 is 0 Å². The fourth-order valence-corrected chi connectivity index (χ4v) is 3.65. The summed E-state index contributed by atoms with van der Waals surface area (Å²) in [6.07, 6.45) is 7.75. The molecule has 5 nitrogen and oxygen atoms in total. The number of hydrogen-bond acceptors (Lipinski definition) is 2. The standard InChI is InChI=1S/C16H28N4O/c1-2-17-16(18-9-15(21)19-14-7-8-14)20-10-12-5-3-4-6-13(12)11-20/h12-14H,2-11H2,1H3,(H,17,18)(H,19,21). The van der Waals surface area contributed by atoms with Crippen LogP contribution in [-0.2, 0) is 4.79 Å². The van der Waals surface area contributed by atoms with E-state index in [0.717, 1.165) is 50.3 Å². The summed E-state index contributed by atoms with van der Waals surface area (Å²) >= 11 is 0. The highest BCUT2D eigenvalue weighted by molar-refractivity contribution is 5.85. The molecule has 3 aliphatic rings. The fraction of sp³-hybridized carbons (Fsp3) is 0.875. The Labute approximate surface area is 127 Å². The predicted octanol–water partition coefficient (Wildman–Crippen LogP) is 1.35. The summed E-state index contributed by atoms with van der Waals surface area (Å²) in [6.45, 7) is 5.42. The first-order valence-electron chi connectivity index (χ1n) is 8.59. The maximum atomic E-state index is 11.8. The number of hydrogen-bond donors (Lipinski definition) is 2. The quantitative estimate of drug-likeness (QED) is 0.607. The zero-order valence-electron chi connectivity index (χ0n) is 13.1. The molecule has 2 N–H and O–H groups in total. The zero-order valence-corrected chi connectivity index (χ0v) is 13.1. The number of carbonyl (C=O) groups is 1. The van der Waals surface area contributed by atoms with Gasteiger partial charge in [0.05, 0.1) is 0 Å². The first-order chi connectivity index (χ1) is 10.3. The lowest BCUT2D eigenvalue weighted by molar-refractivity contribution is -0.119. The number of rotatable bonds is 4. The minimum absolute atomic E-state index is 0.0597. The normalized spacial score (nSPS) is 29.2. The van der Waals surface area contributed by atoms with Crippen LogP contribution in [0.15, 0.2) is 4.99 Å². The molecule has 2 unspecified atom stereocenters. The Morgan fingerprint density at radius 2 is 1.81 bits per heavy atom. The van der Waals surface area contributed by atoms with Crippen LogP contribution in [0.4, 0.5) is 0 Å². The van der Waals surface area contributed by atoms with Crippen LogP contribution in [0.1, 0.15) is 45.4 Å². The summed E-state index contributed by atoms with van der Waals surface area (Å²) < 4.78 is 0. The highest BCUT2D eigenvalue weighted by Crippen LogP contribution is 2.35. The largest absolute Gasteiger partial charge is 0.357 e. The molecule has 3 rings (SSSR count). The van der Waals surface area contributed by atoms with Crippen molar-refractivity contribution >= 4 is 11.9 Å². The van der Waals surface area contributed by atoms with Crippen molar-refractivity contribution in [1.82, 2.24) is 15.5 Å². The number of amides is 1. The second kappa shape index (κ2) is 6.67. The van der Waals surface area contributed by atoms with Crippen molar-refractivity contribution in [2.24, 2.45) is 16.8 Å². The molecule has 2 atom stereocenters. The third-order valence-corrected chi connectivity index (χ3v) is 4.93. The average molecular weight is 292 g/mol. The third-order valence-electron chi connectivity index (χ3n) is 4.93. The average Bonchev–Trinajstić information content (AvgIpc) is 3.18. The van der Waals surface area contributed by atoms with Crippen LogP contribution in [0.2, 0.25) is 0 Å². The molecule has 1 aliphatic heterocycles. The van der Waals surface area contributed by atoms with Gasteiger partial charge >= 0.3 is 0 Å². The number of aliphatic imine (C=N–C) groups is 1. The van der Waals surface area contributed by atoms with E-state index in [-0.39, 0.29) is 12.5 Å². The summed E-state index contributed by atoms with van der Waals surface area (Å²) in [6, 6.07) is 0.421. The molecule has 0 radical (unpaired) electrons. The van der Waals surface area contributed by atoms with Crippen LogP contribution in [0, 0.1) is 11.8 Å². The van der Waals surface area contributed by atoms with Crippen molar-refractivity contribution in [2.45, 2.75) is 51.5 Å². The van der Waals surface area contributed by atoms with Crippen molar-refractivity contribution in [3.8, 4) is 0 Å². The molecule has 2 saturated carbocycles. The number of guanidine groups is 1. The molecular formula is C16H28N4O. The fourth-order valence-electron chi connectivity index (χ4n) is 3.65. The van der Waals surface area contributed by atoms with E-state index >= 15 is 0 Å². The van der Waals surface area contributed by atoms with Gasteiger partial charge in [-0.05, 0) is 44.4 Å². The van der Waals surface area contributed by atoms with E-state index in [1.165, 1.54) is 25.7 Å². The van der Waals surface area contributed by atoms with Crippen molar-refractivity contribution in [2.75, 3.05) is 26.2 Å². The van der Waals surface area contributed by atoms with Gasteiger partial charge in [-0.1, -0.05) is 12.8 Å². The smallest absolute Gasteiger partial charge is 0.242 e. The molecule has 0 spiro atoms. The predicted molar refractivity (Wildman–Crippen MR) is 84.2 cm³/mol. The molecule has 0 aromatic heterocycles. The Morgan fingerprint density at radius 3 is 2.38 bits per heavy atom. The number of carbonyl (C=O) groups excluding carboxylic acids is 1. The molecule has 1 heterocycles. The van der Waals surface area contributed by atoms with Crippen LogP contribution < -0.4 is 10.6 Å². The lowest BCUT2D eigenvalue weighted by Crippen LogP contribution is -2.41. The molecule has 1 saturated heterocycles. The van der Waals surface area contributed by atoms with Gasteiger partial charge in [0.1, 0.15) is 6.54 Å². The topological polar surface area (TPSA) is 56.7 Å². The van der Waals surface area contributed by atoms with E-state index in [1.54, 1.807) is 0 Å². The van der Waals surface area contributed by atoms with Crippen molar-refractivity contribution in [1.29, 1.82) is 0 Å². The molecule has 3 fully saturated rings. The molecular weight excluding hydrogens is 264 g/mol. The Hall–Kier alpha value is -1.26. The van der Waals surface area contributed by atoms with E-state index in [1.807, 2.05) is 0 Å². The van der Waals surface area contributed by atoms with Gasteiger partial charge in [0.25, 0.3) is 0 Å². The number of nitrogens with zero attached hydrogens (tertiary/aromatic N) is 2. The molecule has 0 aromatic rings. The number of likely N-dealkylation sites (tertiary alicyclic amines) is 1. The minimum atomic E-state index is 0.0597. The van der Waals surface area contributed by atoms with E-state index in [0.29, 0.717) is 6.04 Å². The third kappa shape index (κ3) is 3.89. The second-order valence-corrected chi connectivity index (χ2v) is 6.72. The second-order valence-electron chi connectivity index (χ2n) is 6.72. The molecule has 0 bridgehead atoms. The Balaban J connectivity index is 1.56. The first kappa shape index (κ1) is 14.7. The highest BCUT2D eigenvalue weighted by Gasteiger charge is 2.35. The van der Waals surface area contributed by atoms with Gasteiger partial charge in [0, 0.05) is 25.7 Å². The van der Waals surface area contributed by atoms with E-state index in [2.05, 4.69) is 27.4 Å². The van der Waals surface area contributed by atoms with Gasteiger partial charge in [0.2, 0.25) is 5.91 Å². The van der Waals surface area contributed by atoms with Crippen molar-refractivity contribution < 1.29 is 4.79 Å². The van der Waals surface area contributed by atoms with Crippen molar-refractivity contribution in [3.63, 3.8) is 0 Å². The highest BCUT2D eigenvalue weighted by atomic mass is 16.2. The van der Waals surface area contributed by atoms with Gasteiger partial charge in [-0.2, -0.15) is 0 Å². The van der Waals surface area contributed by atoms with Gasteiger partial charge in [-0.15, -0.1) is 0 Å². The van der Waals surface area contributed by atoms with E-state index < -0.39 is 0 Å². The summed E-state index contributed by atoms with van der Waals surface area (Å²) in [7, 11) is 0. The number of nitrogens with one attached hydrogen (secondary N) is 2. The van der Waals surface area contributed by atoms with Crippen LogP contribution in [0.25, 0.3) is 0 Å². The zero-order chi connectivity index (χ0) is 14.7. The summed E-state index contributed by atoms with van der Waals surface area (Å²) in [4.78, 5) is 18.7. The van der Waals surface area contributed by atoms with Crippen LogP contribution in [-0.4, -0.2) is 49.0 Å². The minimum Gasteiger partial charge on any atom is -0.357 e. The lowest BCUT2D eigenvalue weighted by Gasteiger charge is -2.22. The number of fused-ring (bicyclic) bond motifs is 1. The van der Waals surface area contributed by atoms with Crippen molar-refractivity contribution in [3.05, 3.63) is 0 Å². The lowest BCUT2D eigenvalue weighted by atomic mass is 9.82. The SMILES string of the molecule is CCNC(=NCC(=O)NC1CC1)N1CC2CCCCC2C1. The molecule has 5 heteroatoms. The van der Waals surface area contributed by atoms with Gasteiger partial charge < -0.3 is 15.5 Å². The van der Waals surface area contributed by atoms with E-state index in [9.17, 15) is 4.79 Å². The first-order valence-corrected chi connectivity index (χ1v) is 8.59. The van der Waals surface area contributed by atoms with E-state index in [4.69, 9.17) is 0 Å². The Kier molecular flexibility index (Phi) is 4.66. The molecule has 21 heavy (non-hydrogen) atoms. The van der Waals surface area contributed by atoms with Gasteiger partial charge in [0.15, 0.2) is 5.96 Å². The molecule has 2 aliphatic carbocycles. The maximum Gasteiger partial charge on any atom is 0.242 e. The van der Waals surface area contributed by atoms with Crippen LogP contribution in [0.5, 0.6) is 0 Å².